The number of phenolic OH excluding ortho intramolecular Hbond substituents is 1. The van der Waals surface area contributed by atoms with Crippen molar-refractivity contribution in [3.8, 4) is 5.75 Å². The molecule has 4 nitrogen and oxygen atoms in total. The average molecular weight is 330 g/mol. The van der Waals surface area contributed by atoms with Gasteiger partial charge in [-0.25, -0.2) is 0 Å². The van der Waals surface area contributed by atoms with Crippen molar-refractivity contribution in [3.05, 3.63) is 28.2 Å². The Kier molecular flexibility index (Phi) is 5.38. The summed E-state index contributed by atoms with van der Waals surface area (Å²) in [5.41, 5.74) is -0.752. The van der Waals surface area contributed by atoms with Crippen molar-refractivity contribution >= 4 is 21.8 Å². The Hall–Kier alpha value is -1.07. The molecule has 1 rings (SSSR count). The maximum absolute atomic E-state index is 11.9. The van der Waals surface area contributed by atoms with E-state index in [1.54, 1.807) is 13.0 Å². The Bertz CT molecular complexity index is 458. The molecule has 1 amide bonds. The third-order valence-corrected chi connectivity index (χ3v) is 3.18. The molecule has 106 valence electrons. The first-order valence-electron chi connectivity index (χ1n) is 6.20. The van der Waals surface area contributed by atoms with E-state index in [9.17, 15) is 15.0 Å². The van der Waals surface area contributed by atoms with Gasteiger partial charge in [0, 0.05) is 11.0 Å². The molecule has 3 N–H and O–H groups in total. The number of benzene rings is 1. The molecule has 1 aromatic carbocycles. The first-order chi connectivity index (χ1) is 8.71. The van der Waals surface area contributed by atoms with Crippen molar-refractivity contribution < 1.29 is 15.0 Å². The van der Waals surface area contributed by atoms with Crippen molar-refractivity contribution in [1.29, 1.82) is 0 Å². The Morgan fingerprint density at radius 3 is 2.63 bits per heavy atom. The van der Waals surface area contributed by atoms with Gasteiger partial charge in [0.15, 0.2) is 0 Å². The summed E-state index contributed by atoms with van der Waals surface area (Å²) in [4.78, 5) is 11.9. The molecule has 0 aliphatic rings. The lowest BCUT2D eigenvalue weighted by Crippen LogP contribution is -2.41. The van der Waals surface area contributed by atoms with Crippen LogP contribution in [0.3, 0.4) is 0 Å². The molecule has 0 aromatic heterocycles. The Morgan fingerprint density at radius 2 is 2.11 bits per heavy atom. The van der Waals surface area contributed by atoms with Crippen LogP contribution in [0.1, 0.15) is 37.6 Å². The van der Waals surface area contributed by atoms with Gasteiger partial charge in [0.1, 0.15) is 5.75 Å². The van der Waals surface area contributed by atoms with E-state index in [0.717, 1.165) is 0 Å². The predicted octanol–water partition coefficient (Wildman–Crippen LogP) is 2.68. The molecule has 5 heteroatoms. The molecule has 0 aliphatic heterocycles. The summed E-state index contributed by atoms with van der Waals surface area (Å²) in [5.74, 6) is -0.141. The molecule has 0 bridgehead atoms. The number of rotatable bonds is 5. The molecule has 1 aromatic rings. The lowest BCUT2D eigenvalue weighted by Gasteiger charge is -2.25. The van der Waals surface area contributed by atoms with Crippen LogP contribution in [0.5, 0.6) is 5.75 Å². The second kappa shape index (κ2) is 6.39. The summed E-state index contributed by atoms with van der Waals surface area (Å²) in [6.07, 6.45) is 0.597. The number of hydrogen-bond donors (Lipinski definition) is 3. The summed E-state index contributed by atoms with van der Waals surface area (Å²) in [7, 11) is 0. The van der Waals surface area contributed by atoms with Gasteiger partial charge in [0.05, 0.1) is 11.2 Å². The Morgan fingerprint density at radius 1 is 1.47 bits per heavy atom. The van der Waals surface area contributed by atoms with Crippen molar-refractivity contribution in [1.82, 2.24) is 5.32 Å². The van der Waals surface area contributed by atoms with Crippen LogP contribution in [-0.4, -0.2) is 28.3 Å². The van der Waals surface area contributed by atoms with Gasteiger partial charge in [-0.15, -0.1) is 0 Å². The smallest absolute Gasteiger partial charge is 0.255 e. The summed E-state index contributed by atoms with van der Waals surface area (Å²) >= 11 is 3.21. The average Bonchev–Trinajstić information content (AvgIpc) is 2.24. The van der Waals surface area contributed by atoms with Crippen LogP contribution in [0, 0.1) is 5.92 Å². The van der Waals surface area contributed by atoms with Crippen molar-refractivity contribution in [2.24, 2.45) is 5.92 Å². The summed E-state index contributed by atoms with van der Waals surface area (Å²) in [6, 6.07) is 4.67. The van der Waals surface area contributed by atoms with Gasteiger partial charge in [-0.1, -0.05) is 29.8 Å². The Labute approximate surface area is 122 Å². The standard InChI is InChI=1S/C14H20BrNO3/c1-9(2)7-14(3,19)8-16-13(18)11-5-4-10(15)6-12(11)17/h4-6,9,17,19H,7-8H2,1-3H3,(H,16,18). The number of aliphatic hydroxyl groups is 1. The molecule has 0 saturated carbocycles. The van der Waals surface area contributed by atoms with Crippen LogP contribution in [0.4, 0.5) is 0 Å². The second-order valence-corrected chi connectivity index (χ2v) is 6.35. The van der Waals surface area contributed by atoms with E-state index < -0.39 is 11.5 Å². The molecule has 0 fully saturated rings. The zero-order valence-corrected chi connectivity index (χ0v) is 13.0. The molecule has 0 aliphatic carbocycles. The summed E-state index contributed by atoms with van der Waals surface area (Å²) < 4.78 is 0.702. The van der Waals surface area contributed by atoms with Crippen LogP contribution in [0.2, 0.25) is 0 Å². The topological polar surface area (TPSA) is 69.6 Å². The fourth-order valence-electron chi connectivity index (χ4n) is 2.01. The highest BCUT2D eigenvalue weighted by Gasteiger charge is 2.23. The molecule has 0 spiro atoms. The van der Waals surface area contributed by atoms with E-state index in [1.165, 1.54) is 12.1 Å². The third kappa shape index (κ3) is 5.20. The number of hydrogen-bond acceptors (Lipinski definition) is 3. The van der Waals surface area contributed by atoms with E-state index >= 15 is 0 Å². The zero-order chi connectivity index (χ0) is 14.6. The fraction of sp³-hybridized carbons (Fsp3) is 0.500. The van der Waals surface area contributed by atoms with Crippen LogP contribution in [0.25, 0.3) is 0 Å². The molecule has 1 atom stereocenters. The number of carbonyl (C=O) groups excluding carboxylic acids is 1. The largest absolute Gasteiger partial charge is 0.507 e. The van der Waals surface area contributed by atoms with Gasteiger partial charge in [-0.3, -0.25) is 4.79 Å². The molecular weight excluding hydrogens is 310 g/mol. The van der Waals surface area contributed by atoms with Gasteiger partial charge in [0.25, 0.3) is 5.91 Å². The van der Waals surface area contributed by atoms with Gasteiger partial charge >= 0.3 is 0 Å². The van der Waals surface area contributed by atoms with Crippen molar-refractivity contribution in [2.45, 2.75) is 32.8 Å². The molecule has 0 radical (unpaired) electrons. The number of halogens is 1. The minimum absolute atomic E-state index is 0.0876. The lowest BCUT2D eigenvalue weighted by atomic mass is 9.94. The van der Waals surface area contributed by atoms with E-state index in [-0.39, 0.29) is 17.9 Å². The predicted molar refractivity (Wildman–Crippen MR) is 78.2 cm³/mol. The molecule has 0 saturated heterocycles. The number of aromatic hydroxyl groups is 1. The number of amides is 1. The van der Waals surface area contributed by atoms with Gasteiger partial charge in [-0.2, -0.15) is 0 Å². The molecule has 0 heterocycles. The summed E-state index contributed by atoms with van der Waals surface area (Å²) in [6.45, 7) is 5.86. The molecule has 1 unspecified atom stereocenters. The van der Waals surface area contributed by atoms with Gasteiger partial charge in [-0.05, 0) is 37.5 Å². The van der Waals surface area contributed by atoms with Crippen molar-refractivity contribution in [3.63, 3.8) is 0 Å². The number of nitrogens with one attached hydrogen (secondary N) is 1. The van der Waals surface area contributed by atoms with Crippen LogP contribution in [0.15, 0.2) is 22.7 Å². The van der Waals surface area contributed by atoms with Crippen LogP contribution in [-0.2, 0) is 0 Å². The highest BCUT2D eigenvalue weighted by atomic mass is 79.9. The van der Waals surface area contributed by atoms with Gasteiger partial charge in [0.2, 0.25) is 0 Å². The zero-order valence-electron chi connectivity index (χ0n) is 11.4. The molecular formula is C14H20BrNO3. The summed E-state index contributed by atoms with van der Waals surface area (Å²) in [5, 5.41) is 22.4. The highest BCUT2D eigenvalue weighted by Crippen LogP contribution is 2.22. The minimum atomic E-state index is -0.950. The first kappa shape index (κ1) is 16.0. The van der Waals surface area contributed by atoms with Crippen molar-refractivity contribution in [2.75, 3.05) is 6.54 Å². The minimum Gasteiger partial charge on any atom is -0.507 e. The monoisotopic (exact) mass is 329 g/mol. The maximum Gasteiger partial charge on any atom is 0.255 e. The Balaban J connectivity index is 2.65. The van der Waals surface area contributed by atoms with E-state index in [0.29, 0.717) is 16.8 Å². The normalized spacial score (nSPS) is 14.2. The maximum atomic E-state index is 11.9. The lowest BCUT2D eigenvalue weighted by molar-refractivity contribution is 0.0368. The van der Waals surface area contributed by atoms with E-state index in [2.05, 4.69) is 21.2 Å². The molecule has 19 heavy (non-hydrogen) atoms. The van der Waals surface area contributed by atoms with Crippen LogP contribution >= 0.6 is 15.9 Å². The van der Waals surface area contributed by atoms with Gasteiger partial charge < -0.3 is 15.5 Å². The van der Waals surface area contributed by atoms with Crippen LogP contribution < -0.4 is 5.32 Å². The highest BCUT2D eigenvalue weighted by molar-refractivity contribution is 9.10. The number of carbonyl (C=O) groups is 1. The van der Waals surface area contributed by atoms with E-state index in [4.69, 9.17) is 0 Å². The fourth-order valence-corrected chi connectivity index (χ4v) is 2.36. The van der Waals surface area contributed by atoms with E-state index in [1.807, 2.05) is 13.8 Å². The first-order valence-corrected chi connectivity index (χ1v) is 6.99. The quantitative estimate of drug-likeness (QED) is 0.777. The third-order valence-electron chi connectivity index (χ3n) is 2.68. The number of phenols is 1. The SMILES string of the molecule is CC(C)CC(C)(O)CNC(=O)c1ccc(Br)cc1O. The second-order valence-electron chi connectivity index (χ2n) is 5.44.